The fourth-order valence-corrected chi connectivity index (χ4v) is 5.93. The van der Waals surface area contributed by atoms with Gasteiger partial charge in [-0.25, -0.2) is 8.42 Å². The van der Waals surface area contributed by atoms with Gasteiger partial charge in [0.15, 0.2) is 0 Å². The van der Waals surface area contributed by atoms with Crippen molar-refractivity contribution in [2.24, 2.45) is 0 Å². The lowest BCUT2D eigenvalue weighted by atomic mass is 10.0. The Bertz CT molecular complexity index is 1650. The maximum atomic E-state index is 14.1. The van der Waals surface area contributed by atoms with Crippen molar-refractivity contribution in [3.8, 4) is 0 Å². The van der Waals surface area contributed by atoms with Crippen LogP contribution in [0.1, 0.15) is 37.5 Å². The van der Waals surface area contributed by atoms with Crippen molar-refractivity contribution < 1.29 is 18.0 Å². The third-order valence-corrected chi connectivity index (χ3v) is 8.83. The highest BCUT2D eigenvalue weighted by atomic mass is 32.2. The number of sulfonamides is 1. The van der Waals surface area contributed by atoms with Gasteiger partial charge in [-0.1, -0.05) is 90.5 Å². The van der Waals surface area contributed by atoms with Crippen molar-refractivity contribution in [3.05, 3.63) is 114 Å². The van der Waals surface area contributed by atoms with Gasteiger partial charge in [0, 0.05) is 25.6 Å². The smallest absolute Gasteiger partial charge is 0.243 e. The molecule has 220 valence electrons. The first-order valence-electron chi connectivity index (χ1n) is 14.0. The zero-order valence-corrected chi connectivity index (χ0v) is 25.7. The molecule has 0 saturated carbocycles. The summed E-state index contributed by atoms with van der Waals surface area (Å²) in [6, 6.07) is 28.9. The van der Waals surface area contributed by atoms with Gasteiger partial charge in [-0.15, -0.1) is 0 Å². The second-order valence-electron chi connectivity index (χ2n) is 11.7. The Morgan fingerprint density at radius 1 is 0.810 bits per heavy atom. The number of nitrogens with one attached hydrogen (secondary N) is 1. The standard InChI is InChI=1S/C34H39N3O4S/c1-25-15-17-27(18-16-25)23-37(31(33(39)35-34(2,3)4)21-26-11-7-6-8-12-26)32(38)24-36(5)42(40,41)30-20-19-28-13-9-10-14-29(28)22-30/h6-20,22,31H,21,23-24H2,1-5H3,(H,35,39)/t31-/m1/s1. The van der Waals surface area contributed by atoms with Gasteiger partial charge in [0.2, 0.25) is 21.8 Å². The summed E-state index contributed by atoms with van der Waals surface area (Å²) in [7, 11) is -2.59. The van der Waals surface area contributed by atoms with Crippen LogP contribution in [0.25, 0.3) is 10.8 Å². The number of amides is 2. The molecule has 1 atom stereocenters. The number of fused-ring (bicyclic) bond motifs is 1. The molecule has 4 rings (SSSR count). The molecule has 0 aliphatic rings. The molecule has 0 fully saturated rings. The quantitative estimate of drug-likeness (QED) is 0.273. The summed E-state index contributed by atoms with van der Waals surface area (Å²) >= 11 is 0. The van der Waals surface area contributed by atoms with Crippen molar-refractivity contribution in [1.82, 2.24) is 14.5 Å². The highest BCUT2D eigenvalue weighted by molar-refractivity contribution is 7.89. The summed E-state index contributed by atoms with van der Waals surface area (Å²) in [5, 5.41) is 4.75. The molecule has 4 aromatic carbocycles. The first kappa shape index (κ1) is 30.9. The number of nitrogens with zero attached hydrogens (tertiary/aromatic N) is 2. The normalized spacial score (nSPS) is 12.7. The Morgan fingerprint density at radius 2 is 1.43 bits per heavy atom. The number of aryl methyl sites for hydroxylation is 1. The summed E-state index contributed by atoms with van der Waals surface area (Å²) in [4.78, 5) is 29.4. The van der Waals surface area contributed by atoms with Gasteiger partial charge in [0.25, 0.3) is 0 Å². The number of likely N-dealkylation sites (N-methyl/N-ethyl adjacent to an activating group) is 1. The first-order chi connectivity index (χ1) is 19.8. The Hall–Kier alpha value is -4.01. The number of carbonyl (C=O) groups excluding carboxylic acids is 2. The van der Waals surface area contributed by atoms with E-state index in [1.54, 1.807) is 18.2 Å². The van der Waals surface area contributed by atoms with Crippen molar-refractivity contribution in [2.75, 3.05) is 13.6 Å². The minimum atomic E-state index is -3.99. The molecule has 0 aromatic heterocycles. The molecule has 0 spiro atoms. The second-order valence-corrected chi connectivity index (χ2v) is 13.8. The minimum absolute atomic E-state index is 0.105. The third kappa shape index (κ3) is 7.84. The zero-order chi connectivity index (χ0) is 30.5. The van der Waals surface area contributed by atoms with Crippen LogP contribution in [0, 0.1) is 6.92 Å². The van der Waals surface area contributed by atoms with E-state index in [0.29, 0.717) is 0 Å². The Labute approximate surface area is 249 Å². The monoisotopic (exact) mass is 585 g/mol. The van der Waals surface area contributed by atoms with Crippen LogP contribution >= 0.6 is 0 Å². The molecular weight excluding hydrogens is 546 g/mol. The summed E-state index contributed by atoms with van der Waals surface area (Å²) in [5.74, 6) is -0.765. The molecule has 0 unspecified atom stereocenters. The van der Waals surface area contributed by atoms with Crippen LogP contribution in [0.5, 0.6) is 0 Å². The molecule has 7 nitrogen and oxygen atoms in total. The van der Waals surface area contributed by atoms with E-state index in [2.05, 4.69) is 5.32 Å². The fourth-order valence-electron chi connectivity index (χ4n) is 4.77. The lowest BCUT2D eigenvalue weighted by Crippen LogP contribution is -2.56. The molecule has 0 bridgehead atoms. The molecule has 0 saturated heterocycles. The van der Waals surface area contributed by atoms with Crippen LogP contribution in [0.4, 0.5) is 0 Å². The average molecular weight is 586 g/mol. The number of carbonyl (C=O) groups is 2. The van der Waals surface area contributed by atoms with Crippen LogP contribution in [-0.4, -0.2) is 54.6 Å². The van der Waals surface area contributed by atoms with Crippen molar-refractivity contribution in [2.45, 2.75) is 57.1 Å². The van der Waals surface area contributed by atoms with Crippen molar-refractivity contribution in [3.63, 3.8) is 0 Å². The summed E-state index contributed by atoms with van der Waals surface area (Å²) in [6.45, 7) is 7.38. The van der Waals surface area contributed by atoms with E-state index >= 15 is 0 Å². The van der Waals surface area contributed by atoms with E-state index in [4.69, 9.17) is 0 Å². The predicted molar refractivity (Wildman–Crippen MR) is 167 cm³/mol. The highest BCUT2D eigenvalue weighted by Gasteiger charge is 2.34. The molecule has 42 heavy (non-hydrogen) atoms. The van der Waals surface area contributed by atoms with E-state index in [0.717, 1.165) is 31.8 Å². The SMILES string of the molecule is Cc1ccc(CN(C(=O)CN(C)S(=O)(=O)c2ccc3ccccc3c2)[C@H](Cc2ccccc2)C(=O)NC(C)(C)C)cc1. The van der Waals surface area contributed by atoms with Crippen LogP contribution in [-0.2, 0) is 32.6 Å². The molecular formula is C34H39N3O4S. The summed E-state index contributed by atoms with van der Waals surface area (Å²) in [5.41, 5.74) is 2.28. The number of hydrogen-bond acceptors (Lipinski definition) is 4. The van der Waals surface area contributed by atoms with E-state index in [9.17, 15) is 18.0 Å². The third-order valence-electron chi connectivity index (χ3n) is 7.03. The van der Waals surface area contributed by atoms with Gasteiger partial charge in [0.05, 0.1) is 11.4 Å². The number of benzene rings is 4. The largest absolute Gasteiger partial charge is 0.350 e. The van der Waals surface area contributed by atoms with Crippen LogP contribution in [0.3, 0.4) is 0 Å². The van der Waals surface area contributed by atoms with E-state index in [1.807, 2.05) is 107 Å². The number of rotatable bonds is 10. The van der Waals surface area contributed by atoms with Gasteiger partial charge >= 0.3 is 0 Å². The van der Waals surface area contributed by atoms with Crippen LogP contribution in [0.2, 0.25) is 0 Å². The topological polar surface area (TPSA) is 86.8 Å². The fraction of sp³-hybridized carbons (Fsp3) is 0.294. The van der Waals surface area contributed by atoms with Gasteiger partial charge in [-0.3, -0.25) is 9.59 Å². The molecule has 0 heterocycles. The molecule has 0 radical (unpaired) electrons. The van der Waals surface area contributed by atoms with Gasteiger partial charge in [0.1, 0.15) is 6.04 Å². The molecule has 1 N–H and O–H groups in total. The molecule has 0 aliphatic carbocycles. The Morgan fingerprint density at radius 3 is 2.07 bits per heavy atom. The Balaban J connectivity index is 1.68. The van der Waals surface area contributed by atoms with Crippen molar-refractivity contribution in [1.29, 1.82) is 0 Å². The predicted octanol–water partition coefficient (Wildman–Crippen LogP) is 5.32. The van der Waals surface area contributed by atoms with E-state index in [1.165, 1.54) is 11.9 Å². The maximum Gasteiger partial charge on any atom is 0.243 e. The van der Waals surface area contributed by atoms with E-state index in [-0.39, 0.29) is 23.8 Å². The number of hydrogen-bond donors (Lipinski definition) is 1. The summed E-state index contributed by atoms with van der Waals surface area (Å²) < 4.78 is 28.2. The van der Waals surface area contributed by atoms with Gasteiger partial charge in [-0.05, 0) is 61.7 Å². The van der Waals surface area contributed by atoms with Crippen LogP contribution in [0.15, 0.2) is 102 Å². The molecule has 8 heteroatoms. The molecule has 2 amide bonds. The van der Waals surface area contributed by atoms with E-state index < -0.39 is 34.1 Å². The van der Waals surface area contributed by atoms with Crippen molar-refractivity contribution >= 4 is 32.6 Å². The highest BCUT2D eigenvalue weighted by Crippen LogP contribution is 2.22. The Kier molecular flexibility index (Phi) is 9.49. The first-order valence-corrected chi connectivity index (χ1v) is 15.4. The summed E-state index contributed by atoms with van der Waals surface area (Å²) in [6.07, 6.45) is 0.279. The lowest BCUT2D eigenvalue weighted by Gasteiger charge is -2.34. The van der Waals surface area contributed by atoms with Gasteiger partial charge in [-0.2, -0.15) is 4.31 Å². The second kappa shape index (κ2) is 12.9. The lowest BCUT2D eigenvalue weighted by molar-refractivity contribution is -0.141. The zero-order valence-electron chi connectivity index (χ0n) is 24.9. The molecule has 4 aromatic rings. The average Bonchev–Trinajstić information content (AvgIpc) is 2.95. The van der Waals surface area contributed by atoms with Crippen LogP contribution < -0.4 is 5.32 Å². The molecule has 0 aliphatic heterocycles. The maximum absolute atomic E-state index is 14.1. The van der Waals surface area contributed by atoms with Gasteiger partial charge < -0.3 is 10.2 Å². The minimum Gasteiger partial charge on any atom is -0.350 e.